The number of rotatable bonds is 8. The molecule has 0 N–H and O–H groups in total. The lowest BCUT2D eigenvalue weighted by molar-refractivity contribution is 0.144. The summed E-state index contributed by atoms with van der Waals surface area (Å²) in [4.78, 5) is 0. The molecule has 0 aliphatic carbocycles. The summed E-state index contributed by atoms with van der Waals surface area (Å²) in [7, 11) is 3.19. The van der Waals surface area contributed by atoms with Gasteiger partial charge in [0.25, 0.3) is 0 Å². The normalized spacial score (nSPS) is 11.0. The highest BCUT2D eigenvalue weighted by atomic mass is 19.1. The molecule has 0 fully saturated rings. The maximum absolute atomic E-state index is 13.5. The number of nitriles is 1. The summed E-state index contributed by atoms with van der Waals surface area (Å²) in [6.45, 7) is 4.89. The monoisotopic (exact) mass is 369 g/mol. The molecule has 0 aromatic heterocycles. The van der Waals surface area contributed by atoms with Crippen LogP contribution in [0.2, 0.25) is 0 Å². The first-order valence-electron chi connectivity index (χ1n) is 8.72. The summed E-state index contributed by atoms with van der Waals surface area (Å²) in [6.07, 6.45) is 3.19. The van der Waals surface area contributed by atoms with E-state index < -0.39 is 0 Å². The molecule has 0 spiro atoms. The molecule has 4 nitrogen and oxygen atoms in total. The van der Waals surface area contributed by atoms with Crippen LogP contribution in [0.15, 0.2) is 36.4 Å². The molecule has 142 valence electrons. The molecule has 0 radical (unpaired) electrons. The minimum absolute atomic E-state index is 0.185. The van der Waals surface area contributed by atoms with Gasteiger partial charge in [0.2, 0.25) is 0 Å². The van der Waals surface area contributed by atoms with Gasteiger partial charge in [-0.1, -0.05) is 26.0 Å². The maximum Gasteiger partial charge on any atom is 0.169 e. The molecule has 0 unspecified atom stereocenters. The van der Waals surface area contributed by atoms with Crippen LogP contribution in [0.1, 0.15) is 30.9 Å². The van der Waals surface area contributed by atoms with Crippen molar-refractivity contribution in [3.63, 3.8) is 0 Å². The lowest BCUT2D eigenvalue weighted by Gasteiger charge is -2.22. The largest absolute Gasteiger partial charge is 0.493 e. The number of allylic oxidation sites excluding steroid dienone is 1. The molecule has 0 amide bonds. The second kappa shape index (κ2) is 9.75. The quantitative estimate of drug-likeness (QED) is 0.475. The minimum Gasteiger partial charge on any atom is -0.493 e. The highest BCUT2D eigenvalue weighted by Gasteiger charge is 2.21. The summed E-state index contributed by atoms with van der Waals surface area (Å²) in [5.74, 6) is 0.998. The Labute approximate surface area is 159 Å². The van der Waals surface area contributed by atoms with E-state index in [2.05, 4.69) is 13.8 Å². The van der Waals surface area contributed by atoms with Crippen LogP contribution in [0.5, 0.6) is 11.5 Å². The van der Waals surface area contributed by atoms with Gasteiger partial charge >= 0.3 is 0 Å². The number of nitrogens with zero attached hydrogens (tertiary/aromatic N) is 1. The van der Waals surface area contributed by atoms with Crippen LogP contribution < -0.4 is 9.47 Å². The fourth-order valence-electron chi connectivity index (χ4n) is 2.88. The van der Waals surface area contributed by atoms with E-state index in [1.165, 1.54) is 18.2 Å². The van der Waals surface area contributed by atoms with Crippen molar-refractivity contribution in [2.75, 3.05) is 27.4 Å². The second-order valence-electron chi connectivity index (χ2n) is 6.25. The predicted molar refractivity (Wildman–Crippen MR) is 104 cm³/mol. The molecule has 0 aliphatic heterocycles. The first-order chi connectivity index (χ1) is 13.0. The zero-order chi connectivity index (χ0) is 19.8. The Morgan fingerprint density at radius 3 is 2.41 bits per heavy atom. The molecule has 0 aliphatic rings. The Hall–Kier alpha value is -2.84. The van der Waals surface area contributed by atoms with Gasteiger partial charge in [0, 0.05) is 18.7 Å². The summed E-state index contributed by atoms with van der Waals surface area (Å²) in [5, 5.41) is 9.04. The molecule has 2 rings (SSSR count). The fourth-order valence-corrected chi connectivity index (χ4v) is 2.88. The van der Waals surface area contributed by atoms with Crippen LogP contribution in [-0.4, -0.2) is 27.4 Å². The van der Waals surface area contributed by atoms with Gasteiger partial charge in [-0.05, 0) is 46.9 Å². The number of halogens is 1. The van der Waals surface area contributed by atoms with E-state index in [-0.39, 0.29) is 11.7 Å². The van der Waals surface area contributed by atoms with Crippen molar-refractivity contribution < 1.29 is 18.6 Å². The average Bonchev–Trinajstić information content (AvgIpc) is 2.66. The number of ether oxygens (including phenoxy) is 3. The predicted octanol–water partition coefficient (Wildman–Crippen LogP) is 5.19. The van der Waals surface area contributed by atoms with Gasteiger partial charge in [-0.15, -0.1) is 0 Å². The molecule has 0 bridgehead atoms. The van der Waals surface area contributed by atoms with Crippen molar-refractivity contribution in [1.82, 2.24) is 0 Å². The lowest BCUT2D eigenvalue weighted by Crippen LogP contribution is -2.08. The molecule has 2 aromatic rings. The van der Waals surface area contributed by atoms with Crippen molar-refractivity contribution in [2.24, 2.45) is 0 Å². The highest BCUT2D eigenvalue weighted by molar-refractivity contribution is 5.85. The smallest absolute Gasteiger partial charge is 0.169 e. The van der Waals surface area contributed by atoms with Gasteiger partial charge in [-0.3, -0.25) is 0 Å². The van der Waals surface area contributed by atoms with E-state index >= 15 is 0 Å². The summed E-state index contributed by atoms with van der Waals surface area (Å²) in [6, 6.07) is 10.2. The van der Waals surface area contributed by atoms with Crippen molar-refractivity contribution in [3.05, 3.63) is 53.4 Å². The summed E-state index contributed by atoms with van der Waals surface area (Å²) >= 11 is 0. The minimum atomic E-state index is -0.318. The lowest BCUT2D eigenvalue weighted by atomic mass is 9.88. The van der Waals surface area contributed by atoms with E-state index in [1.807, 2.05) is 12.1 Å². The van der Waals surface area contributed by atoms with Crippen LogP contribution in [0.25, 0.3) is 17.2 Å². The molecule has 5 heteroatoms. The number of methoxy groups -OCH3 is 2. The third-order valence-corrected chi connectivity index (χ3v) is 4.15. The molecule has 0 atom stereocenters. The SMILES string of the molecule is COCCOc1c(OC)cc(C(C)C)c(/C=C/C#N)c1-c1ccc(F)cc1. The van der Waals surface area contributed by atoms with Crippen LogP contribution in [0.4, 0.5) is 4.39 Å². The number of hydrogen-bond donors (Lipinski definition) is 0. The summed E-state index contributed by atoms with van der Waals surface area (Å²) in [5.41, 5.74) is 3.41. The van der Waals surface area contributed by atoms with Gasteiger partial charge in [-0.2, -0.15) is 5.26 Å². The fraction of sp³-hybridized carbons (Fsp3) is 0.318. The van der Waals surface area contributed by atoms with Gasteiger partial charge in [0.05, 0.1) is 19.8 Å². The molecular formula is C22H24FNO3. The van der Waals surface area contributed by atoms with Crippen LogP contribution in [0, 0.1) is 17.1 Å². The van der Waals surface area contributed by atoms with Crippen molar-refractivity contribution in [2.45, 2.75) is 19.8 Å². The highest BCUT2D eigenvalue weighted by Crippen LogP contribution is 2.45. The first-order valence-corrected chi connectivity index (χ1v) is 8.72. The van der Waals surface area contributed by atoms with Gasteiger partial charge in [0.1, 0.15) is 12.4 Å². The van der Waals surface area contributed by atoms with Crippen LogP contribution in [-0.2, 0) is 4.74 Å². The summed E-state index contributed by atoms with van der Waals surface area (Å²) < 4.78 is 30.1. The van der Waals surface area contributed by atoms with E-state index in [9.17, 15) is 4.39 Å². The Bertz CT molecular complexity index is 836. The molecular weight excluding hydrogens is 345 g/mol. The number of benzene rings is 2. The number of hydrogen-bond acceptors (Lipinski definition) is 4. The Kier molecular flexibility index (Phi) is 7.39. The zero-order valence-electron chi connectivity index (χ0n) is 16.1. The molecule has 27 heavy (non-hydrogen) atoms. The first kappa shape index (κ1) is 20.5. The molecule has 0 saturated heterocycles. The third-order valence-electron chi connectivity index (χ3n) is 4.15. The van der Waals surface area contributed by atoms with Gasteiger partial charge < -0.3 is 14.2 Å². The Balaban J connectivity index is 2.81. The Morgan fingerprint density at radius 2 is 1.85 bits per heavy atom. The van der Waals surface area contributed by atoms with Crippen molar-refractivity contribution in [3.8, 4) is 28.7 Å². The van der Waals surface area contributed by atoms with E-state index in [0.717, 1.165) is 22.3 Å². The topological polar surface area (TPSA) is 51.5 Å². The van der Waals surface area contributed by atoms with E-state index in [1.54, 1.807) is 32.4 Å². The maximum atomic E-state index is 13.5. The third kappa shape index (κ3) is 4.87. The molecule has 0 heterocycles. The van der Waals surface area contributed by atoms with E-state index in [4.69, 9.17) is 19.5 Å². The van der Waals surface area contributed by atoms with Crippen molar-refractivity contribution in [1.29, 1.82) is 5.26 Å². The Morgan fingerprint density at radius 1 is 1.15 bits per heavy atom. The van der Waals surface area contributed by atoms with Crippen LogP contribution >= 0.6 is 0 Å². The standard InChI is InChI=1S/C22H24FNO3/c1-15(2)19-14-20(26-4)22(27-13-12-25-3)21(18(19)6-5-11-24)16-7-9-17(23)10-8-16/h5-10,14-15H,12-13H2,1-4H3/b6-5+. The second-order valence-corrected chi connectivity index (χ2v) is 6.25. The molecule has 2 aromatic carbocycles. The van der Waals surface area contributed by atoms with Crippen LogP contribution in [0.3, 0.4) is 0 Å². The van der Waals surface area contributed by atoms with E-state index in [0.29, 0.717) is 24.7 Å². The molecule has 0 saturated carbocycles. The van der Waals surface area contributed by atoms with Crippen molar-refractivity contribution >= 4 is 6.08 Å². The van der Waals surface area contributed by atoms with Gasteiger partial charge in [0.15, 0.2) is 11.5 Å². The average molecular weight is 369 g/mol. The van der Waals surface area contributed by atoms with Gasteiger partial charge in [-0.25, -0.2) is 4.39 Å². The zero-order valence-corrected chi connectivity index (χ0v) is 16.1.